The second kappa shape index (κ2) is 7.36. The van der Waals surface area contributed by atoms with E-state index < -0.39 is 0 Å². The highest BCUT2D eigenvalue weighted by Crippen LogP contribution is 2.23. The predicted molar refractivity (Wildman–Crippen MR) is 89.2 cm³/mol. The quantitative estimate of drug-likeness (QED) is 0.835. The summed E-state index contributed by atoms with van der Waals surface area (Å²) in [5.74, 6) is 1.69. The highest BCUT2D eigenvalue weighted by molar-refractivity contribution is 5.31. The Labute approximate surface area is 134 Å². The number of hydrogen-bond acceptors (Lipinski definition) is 5. The van der Waals surface area contributed by atoms with Crippen LogP contribution in [0.15, 0.2) is 0 Å². The summed E-state index contributed by atoms with van der Waals surface area (Å²) in [5.41, 5.74) is 2.17. The van der Waals surface area contributed by atoms with E-state index in [1.165, 1.54) is 45.3 Å². The summed E-state index contributed by atoms with van der Waals surface area (Å²) >= 11 is 0. The fourth-order valence-electron chi connectivity index (χ4n) is 3.71. The maximum absolute atomic E-state index is 4.76. The third kappa shape index (κ3) is 3.57. The number of aryl methyl sites for hydroxylation is 2. The van der Waals surface area contributed by atoms with Crippen LogP contribution >= 0.6 is 0 Å². The summed E-state index contributed by atoms with van der Waals surface area (Å²) in [4.78, 5) is 9.72. The molecule has 1 aromatic heterocycles. The molecule has 0 spiro atoms. The molecular weight excluding hydrogens is 274 g/mol. The third-order valence-corrected chi connectivity index (χ3v) is 5.11. The van der Waals surface area contributed by atoms with Crippen molar-refractivity contribution in [3.05, 3.63) is 11.4 Å². The number of anilines is 1. The average Bonchev–Trinajstić information content (AvgIpc) is 3.08. The molecule has 5 heteroatoms. The molecule has 0 N–H and O–H groups in total. The van der Waals surface area contributed by atoms with E-state index in [2.05, 4.69) is 33.8 Å². The van der Waals surface area contributed by atoms with Crippen LogP contribution in [0.25, 0.3) is 0 Å². The number of aromatic nitrogens is 3. The van der Waals surface area contributed by atoms with Gasteiger partial charge in [-0.05, 0) is 57.5 Å². The summed E-state index contributed by atoms with van der Waals surface area (Å²) in [5, 5.41) is 8.75. The minimum atomic E-state index is 0.841. The van der Waals surface area contributed by atoms with Gasteiger partial charge in [-0.2, -0.15) is 5.10 Å². The highest BCUT2D eigenvalue weighted by atomic mass is 15.3. The Hall–Kier alpha value is -1.23. The molecule has 122 valence electrons. The summed E-state index contributed by atoms with van der Waals surface area (Å²) in [7, 11) is 0. The Morgan fingerprint density at radius 3 is 2.23 bits per heavy atom. The largest absolute Gasteiger partial charge is 0.340 e. The molecule has 2 saturated heterocycles. The SMILES string of the molecule is CCc1nnc(N2CCC(CN3CCCC3)CC2)nc1CC. The molecule has 3 rings (SSSR count). The predicted octanol–water partition coefficient (Wildman–Crippen LogP) is 2.31. The van der Waals surface area contributed by atoms with Crippen molar-refractivity contribution < 1.29 is 0 Å². The molecule has 0 amide bonds. The van der Waals surface area contributed by atoms with Crippen LogP contribution in [0.5, 0.6) is 0 Å². The molecule has 0 aromatic carbocycles. The molecule has 2 aliphatic heterocycles. The first-order valence-electron chi connectivity index (χ1n) is 9.00. The Morgan fingerprint density at radius 2 is 1.59 bits per heavy atom. The molecule has 5 nitrogen and oxygen atoms in total. The fraction of sp³-hybridized carbons (Fsp3) is 0.824. The van der Waals surface area contributed by atoms with Crippen molar-refractivity contribution >= 4 is 5.95 Å². The van der Waals surface area contributed by atoms with Crippen LogP contribution in [0.1, 0.15) is 50.9 Å². The minimum absolute atomic E-state index is 0.841. The van der Waals surface area contributed by atoms with Gasteiger partial charge in [0.15, 0.2) is 0 Å². The number of likely N-dealkylation sites (tertiary alicyclic amines) is 1. The molecule has 1 aromatic rings. The van der Waals surface area contributed by atoms with Gasteiger partial charge < -0.3 is 9.80 Å². The molecule has 3 heterocycles. The van der Waals surface area contributed by atoms with Gasteiger partial charge in [-0.25, -0.2) is 4.98 Å². The van der Waals surface area contributed by atoms with Crippen LogP contribution in [0.4, 0.5) is 5.95 Å². The van der Waals surface area contributed by atoms with Crippen LogP contribution in [0.3, 0.4) is 0 Å². The second-order valence-corrected chi connectivity index (χ2v) is 6.65. The van der Waals surface area contributed by atoms with Gasteiger partial charge in [-0.15, -0.1) is 5.10 Å². The molecule has 0 aliphatic carbocycles. The lowest BCUT2D eigenvalue weighted by Gasteiger charge is -2.33. The molecule has 0 bridgehead atoms. The topological polar surface area (TPSA) is 45.2 Å². The zero-order chi connectivity index (χ0) is 15.4. The summed E-state index contributed by atoms with van der Waals surface area (Å²) in [6.07, 6.45) is 7.16. The van der Waals surface area contributed by atoms with Crippen LogP contribution in [0, 0.1) is 5.92 Å². The molecule has 2 fully saturated rings. The fourth-order valence-corrected chi connectivity index (χ4v) is 3.71. The van der Waals surface area contributed by atoms with Crippen molar-refractivity contribution in [1.82, 2.24) is 20.1 Å². The van der Waals surface area contributed by atoms with Crippen molar-refractivity contribution in [3.8, 4) is 0 Å². The first-order chi connectivity index (χ1) is 10.8. The maximum atomic E-state index is 4.76. The van der Waals surface area contributed by atoms with Crippen LogP contribution < -0.4 is 4.90 Å². The molecule has 0 radical (unpaired) electrons. The molecule has 0 saturated carbocycles. The Bertz CT molecular complexity index is 476. The second-order valence-electron chi connectivity index (χ2n) is 6.65. The molecule has 0 unspecified atom stereocenters. The lowest BCUT2D eigenvalue weighted by molar-refractivity contribution is 0.248. The first-order valence-corrected chi connectivity index (χ1v) is 9.00. The first kappa shape index (κ1) is 15.7. The van der Waals surface area contributed by atoms with Gasteiger partial charge in [0.2, 0.25) is 5.95 Å². The van der Waals surface area contributed by atoms with Gasteiger partial charge in [-0.1, -0.05) is 13.8 Å². The molecule has 2 aliphatic rings. The monoisotopic (exact) mass is 303 g/mol. The van der Waals surface area contributed by atoms with E-state index >= 15 is 0 Å². The van der Waals surface area contributed by atoms with E-state index in [4.69, 9.17) is 4.98 Å². The average molecular weight is 303 g/mol. The van der Waals surface area contributed by atoms with E-state index in [1.807, 2.05) is 0 Å². The zero-order valence-corrected chi connectivity index (χ0v) is 14.1. The van der Waals surface area contributed by atoms with Gasteiger partial charge in [0.1, 0.15) is 0 Å². The smallest absolute Gasteiger partial charge is 0.245 e. The van der Waals surface area contributed by atoms with E-state index in [1.54, 1.807) is 0 Å². The number of piperidine rings is 1. The van der Waals surface area contributed by atoms with Crippen molar-refractivity contribution in [2.45, 2.75) is 52.4 Å². The molecule has 0 atom stereocenters. The van der Waals surface area contributed by atoms with E-state index in [0.717, 1.165) is 49.2 Å². The number of nitrogens with zero attached hydrogens (tertiary/aromatic N) is 5. The highest BCUT2D eigenvalue weighted by Gasteiger charge is 2.24. The summed E-state index contributed by atoms with van der Waals surface area (Å²) in [6.45, 7) is 10.3. The van der Waals surface area contributed by atoms with Crippen LogP contribution in [-0.4, -0.2) is 52.8 Å². The number of hydrogen-bond donors (Lipinski definition) is 0. The van der Waals surface area contributed by atoms with Crippen molar-refractivity contribution in [3.63, 3.8) is 0 Å². The molecular formula is C17H29N5. The van der Waals surface area contributed by atoms with Crippen LogP contribution in [-0.2, 0) is 12.8 Å². The van der Waals surface area contributed by atoms with Gasteiger partial charge in [-0.3, -0.25) is 0 Å². The van der Waals surface area contributed by atoms with E-state index in [9.17, 15) is 0 Å². The zero-order valence-electron chi connectivity index (χ0n) is 14.1. The van der Waals surface area contributed by atoms with Gasteiger partial charge in [0.05, 0.1) is 11.4 Å². The summed E-state index contributed by atoms with van der Waals surface area (Å²) < 4.78 is 0. The van der Waals surface area contributed by atoms with E-state index in [-0.39, 0.29) is 0 Å². The summed E-state index contributed by atoms with van der Waals surface area (Å²) in [6, 6.07) is 0. The minimum Gasteiger partial charge on any atom is -0.340 e. The lowest BCUT2D eigenvalue weighted by Crippen LogP contribution is -2.39. The Balaban J connectivity index is 1.56. The van der Waals surface area contributed by atoms with Crippen LogP contribution in [0.2, 0.25) is 0 Å². The lowest BCUT2D eigenvalue weighted by atomic mass is 9.96. The van der Waals surface area contributed by atoms with Crippen molar-refractivity contribution in [1.29, 1.82) is 0 Å². The third-order valence-electron chi connectivity index (χ3n) is 5.11. The number of rotatable bonds is 5. The Kier molecular flexibility index (Phi) is 5.24. The normalized spacial score (nSPS) is 20.7. The van der Waals surface area contributed by atoms with Crippen molar-refractivity contribution in [2.24, 2.45) is 5.92 Å². The Morgan fingerprint density at radius 1 is 0.909 bits per heavy atom. The standard InChI is InChI=1S/C17H29N5/c1-3-15-16(4-2)19-20-17(18-15)22-11-7-14(8-12-22)13-21-9-5-6-10-21/h14H,3-13H2,1-2H3. The van der Waals surface area contributed by atoms with Gasteiger partial charge in [0.25, 0.3) is 0 Å². The molecule has 22 heavy (non-hydrogen) atoms. The van der Waals surface area contributed by atoms with Gasteiger partial charge in [0, 0.05) is 19.6 Å². The van der Waals surface area contributed by atoms with Crippen molar-refractivity contribution in [2.75, 3.05) is 37.6 Å². The maximum Gasteiger partial charge on any atom is 0.245 e. The van der Waals surface area contributed by atoms with E-state index in [0.29, 0.717) is 0 Å². The van der Waals surface area contributed by atoms with Gasteiger partial charge >= 0.3 is 0 Å².